The van der Waals surface area contributed by atoms with Crippen LogP contribution in [0, 0.1) is 0 Å². The predicted molar refractivity (Wildman–Crippen MR) is 60.1 cm³/mol. The second-order valence-corrected chi connectivity index (χ2v) is 4.06. The minimum absolute atomic E-state index is 0.0219. The predicted octanol–water partition coefficient (Wildman–Crippen LogP) is 2.21. The molecule has 0 radical (unpaired) electrons. The van der Waals surface area contributed by atoms with Crippen LogP contribution in [0.5, 0.6) is 11.5 Å². The van der Waals surface area contributed by atoms with Crippen molar-refractivity contribution in [2.24, 2.45) is 5.73 Å². The molecule has 4 N–H and O–H groups in total. The van der Waals surface area contributed by atoms with Crippen LogP contribution in [0.4, 0.5) is 0 Å². The zero-order chi connectivity index (χ0) is 10.8. The Morgan fingerprint density at radius 3 is 2.60 bits per heavy atom. The first-order chi connectivity index (χ1) is 7.18. The van der Waals surface area contributed by atoms with Gasteiger partial charge in [0.1, 0.15) is 11.5 Å². The van der Waals surface area contributed by atoms with Gasteiger partial charge < -0.3 is 15.9 Å². The van der Waals surface area contributed by atoms with E-state index in [4.69, 9.17) is 10.8 Å². The summed E-state index contributed by atoms with van der Waals surface area (Å²) in [7, 11) is 0. The molecule has 0 saturated heterocycles. The second kappa shape index (κ2) is 3.92. The Balaban J connectivity index is 2.38. The number of hydrogen-bond donors (Lipinski definition) is 3. The second-order valence-electron chi connectivity index (χ2n) is 3.28. The zero-order valence-electron chi connectivity index (χ0n) is 7.92. The number of aromatic hydroxyl groups is 2. The van der Waals surface area contributed by atoms with Gasteiger partial charge in [0.05, 0.1) is 6.04 Å². The van der Waals surface area contributed by atoms with Gasteiger partial charge in [-0.1, -0.05) is 0 Å². The number of phenolic OH excluding ortho intramolecular Hbond substituents is 2. The van der Waals surface area contributed by atoms with E-state index < -0.39 is 0 Å². The quantitative estimate of drug-likeness (QED) is 0.728. The molecule has 0 spiro atoms. The molecule has 0 saturated carbocycles. The number of rotatable bonds is 2. The van der Waals surface area contributed by atoms with Crippen molar-refractivity contribution in [1.29, 1.82) is 0 Å². The molecule has 2 aromatic rings. The monoisotopic (exact) mass is 221 g/mol. The summed E-state index contributed by atoms with van der Waals surface area (Å²) < 4.78 is 0. The van der Waals surface area contributed by atoms with Crippen molar-refractivity contribution < 1.29 is 10.2 Å². The van der Waals surface area contributed by atoms with Gasteiger partial charge in [-0.15, -0.1) is 0 Å². The average Bonchev–Trinajstić information content (AvgIpc) is 2.69. The lowest BCUT2D eigenvalue weighted by molar-refractivity contribution is 0.444. The summed E-state index contributed by atoms with van der Waals surface area (Å²) in [5.41, 5.74) is 7.55. The van der Waals surface area contributed by atoms with Crippen molar-refractivity contribution >= 4 is 11.3 Å². The standard InChI is InChI=1S/C11H11NO2S/c12-11(7-3-4-15-6-7)9-2-1-8(13)5-10(9)14/h1-6,11,13-14H,12H2/t11-/m0/s1. The SMILES string of the molecule is N[C@@H](c1ccsc1)c1ccc(O)cc1O. The van der Waals surface area contributed by atoms with Crippen LogP contribution in [-0.4, -0.2) is 10.2 Å². The van der Waals surface area contributed by atoms with Gasteiger partial charge in [-0.25, -0.2) is 0 Å². The van der Waals surface area contributed by atoms with Gasteiger partial charge in [0.25, 0.3) is 0 Å². The number of benzene rings is 1. The highest BCUT2D eigenvalue weighted by atomic mass is 32.1. The van der Waals surface area contributed by atoms with Crippen LogP contribution in [0.2, 0.25) is 0 Å². The van der Waals surface area contributed by atoms with E-state index in [2.05, 4.69) is 0 Å². The summed E-state index contributed by atoms with van der Waals surface area (Å²) in [6, 6.07) is 6.01. The first kappa shape index (κ1) is 10.0. The lowest BCUT2D eigenvalue weighted by Gasteiger charge is -2.12. The topological polar surface area (TPSA) is 66.5 Å². The van der Waals surface area contributed by atoms with E-state index >= 15 is 0 Å². The maximum absolute atomic E-state index is 9.62. The van der Waals surface area contributed by atoms with Crippen molar-refractivity contribution in [3.63, 3.8) is 0 Å². The minimum atomic E-state index is -0.350. The van der Waals surface area contributed by atoms with Crippen LogP contribution in [0.3, 0.4) is 0 Å². The van der Waals surface area contributed by atoms with E-state index in [1.54, 1.807) is 17.4 Å². The highest BCUT2D eigenvalue weighted by Crippen LogP contribution is 2.30. The Bertz CT molecular complexity index is 454. The summed E-state index contributed by atoms with van der Waals surface area (Å²) >= 11 is 1.56. The van der Waals surface area contributed by atoms with Gasteiger partial charge in [-0.3, -0.25) is 0 Å². The normalized spacial score (nSPS) is 12.6. The van der Waals surface area contributed by atoms with E-state index in [0.717, 1.165) is 5.56 Å². The smallest absolute Gasteiger partial charge is 0.124 e. The van der Waals surface area contributed by atoms with Crippen molar-refractivity contribution in [2.75, 3.05) is 0 Å². The molecular weight excluding hydrogens is 210 g/mol. The minimum Gasteiger partial charge on any atom is -0.508 e. The van der Waals surface area contributed by atoms with Crippen LogP contribution in [0.25, 0.3) is 0 Å². The lowest BCUT2D eigenvalue weighted by atomic mass is 10.0. The fourth-order valence-corrected chi connectivity index (χ4v) is 2.12. The summed E-state index contributed by atoms with van der Waals surface area (Å²) in [5.74, 6) is 0.0578. The molecule has 2 rings (SSSR count). The fourth-order valence-electron chi connectivity index (χ4n) is 1.43. The van der Waals surface area contributed by atoms with Crippen LogP contribution >= 0.6 is 11.3 Å². The van der Waals surface area contributed by atoms with Crippen LogP contribution in [-0.2, 0) is 0 Å². The average molecular weight is 221 g/mol. The third-order valence-corrected chi connectivity index (χ3v) is 2.95. The Kier molecular flexibility index (Phi) is 2.62. The van der Waals surface area contributed by atoms with Gasteiger partial charge in [0.2, 0.25) is 0 Å². The van der Waals surface area contributed by atoms with Gasteiger partial charge in [-0.05, 0) is 34.5 Å². The number of thiophene rings is 1. The largest absolute Gasteiger partial charge is 0.508 e. The highest BCUT2D eigenvalue weighted by Gasteiger charge is 2.13. The molecule has 1 aromatic carbocycles. The third-order valence-electron chi connectivity index (χ3n) is 2.25. The first-order valence-corrected chi connectivity index (χ1v) is 5.42. The number of nitrogens with two attached hydrogens (primary N) is 1. The molecule has 1 heterocycles. The van der Waals surface area contributed by atoms with Crippen LogP contribution < -0.4 is 5.73 Å². The van der Waals surface area contributed by atoms with Crippen molar-refractivity contribution in [3.8, 4) is 11.5 Å². The number of phenols is 2. The van der Waals surface area contributed by atoms with Gasteiger partial charge in [-0.2, -0.15) is 11.3 Å². The lowest BCUT2D eigenvalue weighted by Crippen LogP contribution is -2.10. The molecule has 1 aromatic heterocycles. The molecule has 3 nitrogen and oxygen atoms in total. The zero-order valence-corrected chi connectivity index (χ0v) is 8.74. The molecule has 0 aliphatic carbocycles. The summed E-state index contributed by atoms with van der Waals surface area (Å²) in [4.78, 5) is 0. The molecule has 0 bridgehead atoms. The Morgan fingerprint density at radius 1 is 1.20 bits per heavy atom. The van der Waals surface area contributed by atoms with Gasteiger partial charge in [0, 0.05) is 11.6 Å². The molecule has 4 heteroatoms. The first-order valence-electron chi connectivity index (χ1n) is 4.48. The molecule has 78 valence electrons. The molecule has 0 amide bonds. The van der Waals surface area contributed by atoms with Crippen LogP contribution in [0.15, 0.2) is 35.0 Å². The van der Waals surface area contributed by atoms with Crippen LogP contribution in [0.1, 0.15) is 17.2 Å². The molecule has 0 aliphatic rings. The molecule has 0 aliphatic heterocycles. The van der Waals surface area contributed by atoms with Gasteiger partial charge >= 0.3 is 0 Å². The summed E-state index contributed by atoms with van der Waals surface area (Å²) in [6.45, 7) is 0. The highest BCUT2D eigenvalue weighted by molar-refractivity contribution is 7.08. The molecule has 1 atom stereocenters. The Morgan fingerprint density at radius 2 is 2.00 bits per heavy atom. The van der Waals surface area contributed by atoms with Crippen molar-refractivity contribution in [1.82, 2.24) is 0 Å². The van der Waals surface area contributed by atoms with E-state index in [1.807, 2.05) is 16.8 Å². The Hall–Kier alpha value is -1.52. The molecular formula is C11H11NO2S. The molecule has 0 fully saturated rings. The van der Waals surface area contributed by atoms with E-state index in [0.29, 0.717) is 5.56 Å². The maximum Gasteiger partial charge on any atom is 0.124 e. The fraction of sp³-hybridized carbons (Fsp3) is 0.0909. The summed E-state index contributed by atoms with van der Waals surface area (Å²) in [5, 5.41) is 22.7. The summed E-state index contributed by atoms with van der Waals surface area (Å²) in [6.07, 6.45) is 0. The maximum atomic E-state index is 9.62. The Labute approximate surface area is 91.4 Å². The molecule has 0 unspecified atom stereocenters. The number of hydrogen-bond acceptors (Lipinski definition) is 4. The molecule has 15 heavy (non-hydrogen) atoms. The van der Waals surface area contributed by atoms with E-state index in [1.165, 1.54) is 12.1 Å². The van der Waals surface area contributed by atoms with Crippen molar-refractivity contribution in [2.45, 2.75) is 6.04 Å². The van der Waals surface area contributed by atoms with E-state index in [9.17, 15) is 5.11 Å². The van der Waals surface area contributed by atoms with E-state index in [-0.39, 0.29) is 17.5 Å². The van der Waals surface area contributed by atoms with Crippen molar-refractivity contribution in [3.05, 3.63) is 46.2 Å². The van der Waals surface area contributed by atoms with Gasteiger partial charge in [0.15, 0.2) is 0 Å². The third kappa shape index (κ3) is 1.95.